The first-order valence-electron chi connectivity index (χ1n) is 6.17. The van der Waals surface area contributed by atoms with Crippen molar-refractivity contribution in [1.82, 2.24) is 9.97 Å². The SMILES string of the molecule is CCNc1nc(C)c([N+](=O)[O-])c(-c2cccc(Cl)c2Cl)n1. The summed E-state index contributed by atoms with van der Waals surface area (Å²) in [4.78, 5) is 19.1. The Morgan fingerprint density at radius 1 is 1.33 bits per heavy atom. The molecule has 1 aromatic carbocycles. The van der Waals surface area contributed by atoms with E-state index in [4.69, 9.17) is 23.2 Å². The van der Waals surface area contributed by atoms with E-state index in [1.165, 1.54) is 0 Å². The molecule has 0 fully saturated rings. The van der Waals surface area contributed by atoms with Gasteiger partial charge in [0.05, 0.1) is 15.0 Å². The second-order valence-electron chi connectivity index (χ2n) is 4.22. The third kappa shape index (κ3) is 3.06. The Morgan fingerprint density at radius 3 is 2.67 bits per heavy atom. The Bertz CT molecular complexity index is 707. The molecule has 2 aromatic rings. The number of aryl methyl sites for hydroxylation is 1. The Hall–Kier alpha value is -1.92. The molecule has 1 heterocycles. The maximum Gasteiger partial charge on any atom is 0.316 e. The van der Waals surface area contributed by atoms with Crippen molar-refractivity contribution in [3.63, 3.8) is 0 Å². The summed E-state index contributed by atoms with van der Waals surface area (Å²) in [6.45, 7) is 4.04. The van der Waals surface area contributed by atoms with E-state index in [2.05, 4.69) is 15.3 Å². The topological polar surface area (TPSA) is 81.0 Å². The number of benzene rings is 1. The largest absolute Gasteiger partial charge is 0.354 e. The molecule has 1 aromatic heterocycles. The van der Waals surface area contributed by atoms with E-state index in [-0.39, 0.29) is 22.1 Å². The van der Waals surface area contributed by atoms with Crippen LogP contribution in [0.5, 0.6) is 0 Å². The minimum Gasteiger partial charge on any atom is -0.354 e. The second-order valence-corrected chi connectivity index (χ2v) is 5.00. The summed E-state index contributed by atoms with van der Waals surface area (Å²) in [5.74, 6) is 0.312. The van der Waals surface area contributed by atoms with Crippen LogP contribution in [0.1, 0.15) is 12.6 Å². The lowest BCUT2D eigenvalue weighted by molar-refractivity contribution is -0.385. The number of rotatable bonds is 4. The molecular weight excluding hydrogens is 315 g/mol. The van der Waals surface area contributed by atoms with E-state index in [1.807, 2.05) is 6.92 Å². The van der Waals surface area contributed by atoms with E-state index >= 15 is 0 Å². The van der Waals surface area contributed by atoms with Crippen LogP contribution in [0.2, 0.25) is 10.0 Å². The van der Waals surface area contributed by atoms with Crippen molar-refractivity contribution in [2.45, 2.75) is 13.8 Å². The van der Waals surface area contributed by atoms with E-state index in [9.17, 15) is 10.1 Å². The number of anilines is 1. The van der Waals surface area contributed by atoms with Crippen molar-refractivity contribution in [1.29, 1.82) is 0 Å². The average Bonchev–Trinajstić information content (AvgIpc) is 2.41. The van der Waals surface area contributed by atoms with Gasteiger partial charge in [0.1, 0.15) is 5.69 Å². The van der Waals surface area contributed by atoms with Gasteiger partial charge in [0.25, 0.3) is 0 Å². The first-order valence-corrected chi connectivity index (χ1v) is 6.92. The molecule has 0 amide bonds. The van der Waals surface area contributed by atoms with Crippen LogP contribution in [0.25, 0.3) is 11.3 Å². The normalized spacial score (nSPS) is 10.5. The highest BCUT2D eigenvalue weighted by Gasteiger charge is 2.25. The van der Waals surface area contributed by atoms with E-state index < -0.39 is 4.92 Å². The molecule has 8 heteroatoms. The van der Waals surface area contributed by atoms with Crippen LogP contribution in [0.15, 0.2) is 18.2 Å². The lowest BCUT2D eigenvalue weighted by Gasteiger charge is -2.10. The molecule has 0 aliphatic carbocycles. The molecule has 110 valence electrons. The van der Waals surface area contributed by atoms with Gasteiger partial charge < -0.3 is 5.32 Å². The summed E-state index contributed by atoms with van der Waals surface area (Å²) in [6.07, 6.45) is 0. The zero-order chi connectivity index (χ0) is 15.6. The fraction of sp³-hybridized carbons (Fsp3) is 0.231. The first-order chi connectivity index (χ1) is 9.95. The molecule has 0 aliphatic heterocycles. The Kier molecular flexibility index (Phi) is 4.59. The number of nitrogens with one attached hydrogen (secondary N) is 1. The number of hydrogen-bond donors (Lipinski definition) is 1. The quantitative estimate of drug-likeness (QED) is 0.675. The lowest BCUT2D eigenvalue weighted by Crippen LogP contribution is -2.07. The molecule has 0 bridgehead atoms. The van der Waals surface area contributed by atoms with Crippen LogP contribution < -0.4 is 5.32 Å². The van der Waals surface area contributed by atoms with Crippen molar-refractivity contribution >= 4 is 34.8 Å². The molecule has 21 heavy (non-hydrogen) atoms. The third-order valence-electron chi connectivity index (χ3n) is 2.78. The summed E-state index contributed by atoms with van der Waals surface area (Å²) in [5.41, 5.74) is 0.634. The number of hydrogen-bond acceptors (Lipinski definition) is 5. The summed E-state index contributed by atoms with van der Waals surface area (Å²) >= 11 is 12.1. The number of nitrogens with zero attached hydrogens (tertiary/aromatic N) is 3. The van der Waals surface area contributed by atoms with Crippen LogP contribution in [0.4, 0.5) is 11.6 Å². The first kappa shape index (κ1) is 15.5. The molecule has 2 rings (SSSR count). The van der Waals surface area contributed by atoms with Crippen LogP contribution >= 0.6 is 23.2 Å². The Labute approximate surface area is 131 Å². The lowest BCUT2D eigenvalue weighted by atomic mass is 10.1. The van der Waals surface area contributed by atoms with Crippen LogP contribution in [0, 0.1) is 17.0 Å². The third-order valence-corrected chi connectivity index (χ3v) is 3.60. The predicted molar refractivity (Wildman–Crippen MR) is 83.0 cm³/mol. The zero-order valence-corrected chi connectivity index (χ0v) is 12.9. The Morgan fingerprint density at radius 2 is 2.05 bits per heavy atom. The average molecular weight is 327 g/mol. The molecule has 0 saturated carbocycles. The van der Waals surface area contributed by atoms with Gasteiger partial charge in [-0.15, -0.1) is 0 Å². The van der Waals surface area contributed by atoms with Gasteiger partial charge in [0, 0.05) is 12.1 Å². The van der Waals surface area contributed by atoms with Crippen LogP contribution in [-0.2, 0) is 0 Å². The summed E-state index contributed by atoms with van der Waals surface area (Å²) in [6, 6.07) is 4.91. The molecular formula is C13H12Cl2N4O2. The number of aromatic nitrogens is 2. The highest BCUT2D eigenvalue weighted by atomic mass is 35.5. The minimum absolute atomic E-state index is 0.149. The van der Waals surface area contributed by atoms with Crippen LogP contribution in [0.3, 0.4) is 0 Å². The standard InChI is InChI=1S/C13H12Cl2N4O2/c1-3-16-13-17-7(2)12(19(20)21)11(18-13)8-5-4-6-9(14)10(8)15/h4-6H,3H2,1-2H3,(H,16,17,18). The molecule has 0 unspecified atom stereocenters. The van der Waals surface area contributed by atoms with Crippen molar-refractivity contribution in [3.05, 3.63) is 44.1 Å². The van der Waals surface area contributed by atoms with E-state index in [1.54, 1.807) is 25.1 Å². The van der Waals surface area contributed by atoms with Gasteiger partial charge in [-0.2, -0.15) is 0 Å². The second kappa shape index (κ2) is 6.24. The number of nitro groups is 1. The minimum atomic E-state index is -0.516. The van der Waals surface area contributed by atoms with Crippen molar-refractivity contribution in [2.75, 3.05) is 11.9 Å². The maximum absolute atomic E-state index is 11.3. The van der Waals surface area contributed by atoms with Gasteiger partial charge in [-0.05, 0) is 19.9 Å². The smallest absolute Gasteiger partial charge is 0.316 e. The molecule has 6 nitrogen and oxygen atoms in total. The van der Waals surface area contributed by atoms with Crippen molar-refractivity contribution < 1.29 is 4.92 Å². The Balaban J connectivity index is 2.75. The molecule has 0 atom stereocenters. The fourth-order valence-electron chi connectivity index (χ4n) is 1.90. The summed E-state index contributed by atoms with van der Waals surface area (Å²) in [5, 5.41) is 14.8. The highest BCUT2D eigenvalue weighted by molar-refractivity contribution is 6.43. The summed E-state index contributed by atoms with van der Waals surface area (Å²) in [7, 11) is 0. The van der Waals surface area contributed by atoms with Crippen LogP contribution in [-0.4, -0.2) is 21.4 Å². The molecule has 0 radical (unpaired) electrons. The highest BCUT2D eigenvalue weighted by Crippen LogP contribution is 2.38. The molecule has 0 saturated heterocycles. The van der Waals surface area contributed by atoms with E-state index in [0.29, 0.717) is 23.1 Å². The predicted octanol–water partition coefficient (Wildman–Crippen LogP) is 4.10. The van der Waals surface area contributed by atoms with Gasteiger partial charge in [0.2, 0.25) is 5.95 Å². The molecule has 0 aliphatic rings. The van der Waals surface area contributed by atoms with Gasteiger partial charge in [-0.1, -0.05) is 35.3 Å². The van der Waals surface area contributed by atoms with Gasteiger partial charge in [-0.25, -0.2) is 9.97 Å². The fourth-order valence-corrected chi connectivity index (χ4v) is 2.29. The maximum atomic E-state index is 11.3. The number of halogens is 2. The zero-order valence-electron chi connectivity index (χ0n) is 11.4. The molecule has 1 N–H and O–H groups in total. The van der Waals surface area contributed by atoms with Gasteiger partial charge >= 0.3 is 5.69 Å². The monoisotopic (exact) mass is 326 g/mol. The summed E-state index contributed by atoms with van der Waals surface area (Å²) < 4.78 is 0. The molecule has 0 spiro atoms. The van der Waals surface area contributed by atoms with Gasteiger partial charge in [-0.3, -0.25) is 10.1 Å². The van der Waals surface area contributed by atoms with Crippen molar-refractivity contribution in [2.24, 2.45) is 0 Å². The van der Waals surface area contributed by atoms with Gasteiger partial charge in [0.15, 0.2) is 5.69 Å². The van der Waals surface area contributed by atoms with E-state index in [0.717, 1.165) is 0 Å². The van der Waals surface area contributed by atoms with Crippen molar-refractivity contribution in [3.8, 4) is 11.3 Å².